The summed E-state index contributed by atoms with van der Waals surface area (Å²) in [6.07, 6.45) is 0.0824. The maximum atomic E-state index is 13.0. The van der Waals surface area contributed by atoms with Gasteiger partial charge in [0.15, 0.2) is 0 Å². The van der Waals surface area contributed by atoms with E-state index in [1.807, 2.05) is 0 Å². The minimum Gasteiger partial charge on any atom is -0.444 e. The average Bonchev–Trinajstić information content (AvgIpc) is 3.18. The van der Waals surface area contributed by atoms with Crippen molar-refractivity contribution in [2.24, 2.45) is 11.7 Å². The average molecular weight is 449 g/mol. The molecule has 9 nitrogen and oxygen atoms in total. The first-order valence-electron chi connectivity index (χ1n) is 9.71. The van der Waals surface area contributed by atoms with Gasteiger partial charge in [-0.1, -0.05) is 19.9 Å². The van der Waals surface area contributed by atoms with Crippen molar-refractivity contribution in [1.82, 2.24) is 4.98 Å². The quantitative estimate of drug-likeness (QED) is 0.680. The smallest absolute Gasteiger partial charge is 0.421 e. The van der Waals surface area contributed by atoms with Gasteiger partial charge in [0, 0.05) is 11.9 Å². The zero-order chi connectivity index (χ0) is 23.2. The number of rotatable bonds is 6. The lowest BCUT2D eigenvalue weighted by Crippen LogP contribution is -2.50. The Morgan fingerprint density at radius 1 is 1.26 bits per heavy atom. The van der Waals surface area contributed by atoms with E-state index in [-0.39, 0.29) is 18.2 Å². The molecule has 2 aromatic rings. The van der Waals surface area contributed by atoms with E-state index >= 15 is 0 Å². The molecule has 1 aromatic heterocycles. The molecule has 1 heterocycles. The molecule has 0 aliphatic carbocycles. The summed E-state index contributed by atoms with van der Waals surface area (Å²) in [4.78, 5) is 43.5. The number of nitrogens with two attached hydrogens (primary N) is 1. The highest BCUT2D eigenvalue weighted by Gasteiger charge is 2.33. The molecule has 0 aliphatic heterocycles. The second-order valence-electron chi connectivity index (χ2n) is 8.14. The summed E-state index contributed by atoms with van der Waals surface area (Å²) in [5.74, 6) is -0.797. The number of carbonyl (C=O) groups excluding carboxylic acids is 3. The summed E-state index contributed by atoms with van der Waals surface area (Å²) in [6.45, 7) is 8.76. The molecule has 168 valence electrons. The number of benzene rings is 1. The highest BCUT2D eigenvalue weighted by atomic mass is 32.1. The molecule has 10 heteroatoms. The minimum absolute atomic E-state index is 0.0853. The van der Waals surface area contributed by atoms with Crippen molar-refractivity contribution in [3.8, 4) is 0 Å². The third-order valence-electron chi connectivity index (χ3n) is 3.98. The second kappa shape index (κ2) is 10.4. The van der Waals surface area contributed by atoms with Crippen LogP contribution in [0.5, 0.6) is 0 Å². The summed E-state index contributed by atoms with van der Waals surface area (Å²) < 4.78 is 10.5. The number of ether oxygens (including phenoxy) is 2. The summed E-state index contributed by atoms with van der Waals surface area (Å²) in [5.41, 5.74) is 7.40. The van der Waals surface area contributed by atoms with E-state index in [1.54, 1.807) is 64.5 Å². The van der Waals surface area contributed by atoms with Crippen molar-refractivity contribution < 1.29 is 23.9 Å². The largest absolute Gasteiger partial charge is 0.444 e. The predicted octanol–water partition coefficient (Wildman–Crippen LogP) is 4.14. The molecule has 1 aromatic carbocycles. The molecule has 0 saturated carbocycles. The van der Waals surface area contributed by atoms with E-state index in [9.17, 15) is 14.4 Å². The van der Waals surface area contributed by atoms with Crippen molar-refractivity contribution >= 4 is 40.8 Å². The van der Waals surface area contributed by atoms with Gasteiger partial charge in [-0.05, 0) is 44.9 Å². The fourth-order valence-electron chi connectivity index (χ4n) is 2.39. The van der Waals surface area contributed by atoms with Crippen LogP contribution >= 0.6 is 11.3 Å². The predicted molar refractivity (Wildman–Crippen MR) is 119 cm³/mol. The molecule has 0 saturated heterocycles. The van der Waals surface area contributed by atoms with Crippen LogP contribution in [-0.2, 0) is 20.9 Å². The van der Waals surface area contributed by atoms with Crippen LogP contribution in [0.3, 0.4) is 0 Å². The van der Waals surface area contributed by atoms with Crippen LogP contribution in [0.1, 0.15) is 39.5 Å². The third-order valence-corrected chi connectivity index (χ3v) is 4.73. The molecular weight excluding hydrogens is 420 g/mol. The van der Waals surface area contributed by atoms with Crippen molar-refractivity contribution in [2.75, 3.05) is 10.2 Å². The number of hydrogen-bond donors (Lipinski definition) is 2. The van der Waals surface area contributed by atoms with Gasteiger partial charge in [-0.2, -0.15) is 0 Å². The van der Waals surface area contributed by atoms with Crippen LogP contribution in [-0.4, -0.2) is 34.7 Å². The highest BCUT2D eigenvalue weighted by Crippen LogP contribution is 2.24. The first-order chi connectivity index (χ1) is 14.5. The van der Waals surface area contributed by atoms with Crippen molar-refractivity contribution in [3.63, 3.8) is 0 Å². The number of thiazole rings is 1. The van der Waals surface area contributed by atoms with E-state index in [2.05, 4.69) is 10.3 Å². The SMILES string of the molecule is CC(C)[C@H](N)C(=O)N(C(=O)OC(C)(C)C)c1cccc(NC(=O)OCc2cncs2)c1. The number of aromatic nitrogens is 1. The zero-order valence-corrected chi connectivity index (χ0v) is 19.1. The molecule has 3 N–H and O–H groups in total. The number of carbonyl (C=O) groups is 3. The molecule has 2 rings (SSSR count). The third kappa shape index (κ3) is 7.34. The Bertz CT molecular complexity index is 909. The number of imide groups is 1. The molecule has 1 atom stereocenters. The lowest BCUT2D eigenvalue weighted by Gasteiger charge is -2.29. The molecule has 0 fully saturated rings. The van der Waals surface area contributed by atoms with Gasteiger partial charge in [-0.25, -0.2) is 14.5 Å². The normalized spacial score (nSPS) is 12.2. The van der Waals surface area contributed by atoms with E-state index in [0.29, 0.717) is 5.69 Å². The van der Waals surface area contributed by atoms with Crippen LogP contribution in [0.2, 0.25) is 0 Å². The number of amides is 3. The molecule has 0 radical (unpaired) electrons. The maximum absolute atomic E-state index is 13.0. The van der Waals surface area contributed by atoms with Gasteiger partial charge in [0.1, 0.15) is 12.2 Å². The van der Waals surface area contributed by atoms with Crippen molar-refractivity contribution in [1.29, 1.82) is 0 Å². The minimum atomic E-state index is -0.909. The van der Waals surface area contributed by atoms with Crippen LogP contribution in [0.25, 0.3) is 0 Å². The molecular formula is C21H28N4O5S. The van der Waals surface area contributed by atoms with E-state index in [0.717, 1.165) is 9.78 Å². The van der Waals surface area contributed by atoms with Crippen molar-refractivity contribution in [2.45, 2.75) is 52.9 Å². The molecule has 0 bridgehead atoms. The Morgan fingerprint density at radius 3 is 2.55 bits per heavy atom. The second-order valence-corrected chi connectivity index (χ2v) is 9.11. The monoisotopic (exact) mass is 448 g/mol. The Labute approximate surface area is 185 Å². The summed E-state index contributed by atoms with van der Waals surface area (Å²) in [6, 6.07) is 5.33. The fourth-order valence-corrected chi connectivity index (χ4v) is 2.90. The number of nitrogens with one attached hydrogen (secondary N) is 1. The first kappa shape index (κ1) is 24.3. The topological polar surface area (TPSA) is 124 Å². The Morgan fingerprint density at radius 2 is 1.97 bits per heavy atom. The van der Waals surface area contributed by atoms with Crippen LogP contribution < -0.4 is 16.0 Å². The molecule has 0 unspecified atom stereocenters. The van der Waals surface area contributed by atoms with Gasteiger partial charge in [0.2, 0.25) is 0 Å². The van der Waals surface area contributed by atoms with E-state index < -0.39 is 29.7 Å². The summed E-state index contributed by atoms with van der Waals surface area (Å²) in [5, 5.41) is 2.58. The Balaban J connectivity index is 2.22. The number of hydrogen-bond acceptors (Lipinski definition) is 8. The summed E-state index contributed by atoms with van der Waals surface area (Å²) in [7, 11) is 0. The lowest BCUT2D eigenvalue weighted by molar-refractivity contribution is -0.120. The van der Waals surface area contributed by atoms with Gasteiger partial charge in [-0.15, -0.1) is 11.3 Å². The highest BCUT2D eigenvalue weighted by molar-refractivity contribution is 7.09. The molecule has 3 amide bonds. The first-order valence-corrected chi connectivity index (χ1v) is 10.6. The van der Waals surface area contributed by atoms with Crippen LogP contribution in [0.15, 0.2) is 36.0 Å². The van der Waals surface area contributed by atoms with Crippen LogP contribution in [0.4, 0.5) is 21.0 Å². The number of anilines is 2. The van der Waals surface area contributed by atoms with Crippen molar-refractivity contribution in [3.05, 3.63) is 40.8 Å². The molecule has 31 heavy (non-hydrogen) atoms. The van der Waals surface area contributed by atoms with Gasteiger partial charge >= 0.3 is 12.2 Å². The summed E-state index contributed by atoms with van der Waals surface area (Å²) >= 11 is 1.37. The van der Waals surface area contributed by atoms with E-state index in [4.69, 9.17) is 15.2 Å². The van der Waals surface area contributed by atoms with E-state index in [1.165, 1.54) is 17.4 Å². The maximum Gasteiger partial charge on any atom is 0.421 e. The van der Waals surface area contributed by atoms with Gasteiger partial charge in [-0.3, -0.25) is 15.1 Å². The molecule has 0 aliphatic rings. The fraction of sp³-hybridized carbons (Fsp3) is 0.429. The lowest BCUT2D eigenvalue weighted by atomic mass is 10.0. The molecule has 0 spiro atoms. The van der Waals surface area contributed by atoms with Crippen LogP contribution in [0, 0.1) is 5.92 Å². The van der Waals surface area contributed by atoms with Gasteiger partial charge < -0.3 is 15.2 Å². The zero-order valence-electron chi connectivity index (χ0n) is 18.2. The standard InChI is InChI=1S/C21H28N4O5S/c1-13(2)17(22)18(26)25(20(28)30-21(3,4)5)15-8-6-7-14(9-15)24-19(27)29-11-16-10-23-12-31-16/h6-10,12-13,17H,11,22H2,1-5H3,(H,24,27)/t17-/m0/s1. The number of nitrogens with zero attached hydrogens (tertiary/aromatic N) is 2. The Hall–Kier alpha value is -2.98. The Kier molecular flexibility index (Phi) is 8.12. The van der Waals surface area contributed by atoms with Gasteiger partial charge in [0.25, 0.3) is 5.91 Å². The van der Waals surface area contributed by atoms with Gasteiger partial charge in [0.05, 0.1) is 22.1 Å².